The van der Waals surface area contributed by atoms with Crippen molar-refractivity contribution in [1.29, 1.82) is 5.26 Å². The zero-order valence-electron chi connectivity index (χ0n) is 16.2. The number of benzene rings is 2. The van der Waals surface area contributed by atoms with E-state index in [-0.39, 0.29) is 5.57 Å². The Morgan fingerprint density at radius 1 is 0.963 bits per heavy atom. The summed E-state index contributed by atoms with van der Waals surface area (Å²) in [6.45, 7) is 4.56. The van der Waals surface area contributed by atoms with Gasteiger partial charge < -0.3 is 4.74 Å². The van der Waals surface area contributed by atoms with Crippen LogP contribution in [0.2, 0.25) is 0 Å². The van der Waals surface area contributed by atoms with Gasteiger partial charge in [0.25, 0.3) is 0 Å². The number of nitriles is 1. The quantitative estimate of drug-likeness (QED) is 0.249. The van der Waals surface area contributed by atoms with Crippen LogP contribution in [0.1, 0.15) is 56.2 Å². The van der Waals surface area contributed by atoms with Crippen LogP contribution in [0, 0.1) is 11.3 Å². The molecule has 27 heavy (non-hydrogen) atoms. The lowest BCUT2D eigenvalue weighted by Crippen LogP contribution is -2.11. The Bertz CT molecular complexity index is 816. The van der Waals surface area contributed by atoms with Crippen LogP contribution in [0.25, 0.3) is 5.57 Å². The molecule has 0 fully saturated rings. The first-order valence-corrected chi connectivity index (χ1v) is 9.68. The molecule has 3 heteroatoms. The third-order valence-electron chi connectivity index (χ3n) is 4.53. The Morgan fingerprint density at radius 2 is 1.67 bits per heavy atom. The Hall–Kier alpha value is -2.86. The number of nitrogens with zero attached hydrogens (tertiary/aromatic N) is 1. The number of ether oxygens (including phenoxy) is 1. The van der Waals surface area contributed by atoms with E-state index in [1.807, 2.05) is 54.6 Å². The van der Waals surface area contributed by atoms with Crippen molar-refractivity contribution < 1.29 is 9.53 Å². The van der Waals surface area contributed by atoms with E-state index in [4.69, 9.17) is 4.74 Å². The topological polar surface area (TPSA) is 50.1 Å². The van der Waals surface area contributed by atoms with Crippen molar-refractivity contribution in [2.75, 3.05) is 6.61 Å². The average Bonchev–Trinajstić information content (AvgIpc) is 2.72. The summed E-state index contributed by atoms with van der Waals surface area (Å²) in [5, 5.41) is 9.79. The van der Waals surface area contributed by atoms with Crippen LogP contribution in [-0.4, -0.2) is 12.6 Å². The first-order chi connectivity index (χ1) is 13.2. The summed E-state index contributed by atoms with van der Waals surface area (Å²) in [6.07, 6.45) is 4.92. The van der Waals surface area contributed by atoms with Gasteiger partial charge in [-0.05, 0) is 29.5 Å². The zero-order chi connectivity index (χ0) is 19.5. The standard InChI is InChI=1S/C24H27NO2/c1-3-5-6-12-17-27-24(26)22(18-25)23(20-14-8-7-9-15-20)21-16-11-10-13-19(21)4-2/h7-11,13-16H,3-6,12,17H2,1-2H3/b23-22-. The van der Waals surface area contributed by atoms with E-state index in [0.717, 1.165) is 48.8 Å². The van der Waals surface area contributed by atoms with Gasteiger partial charge in [-0.25, -0.2) is 4.79 Å². The molecule has 0 aliphatic carbocycles. The summed E-state index contributed by atoms with van der Waals surface area (Å²) in [6, 6.07) is 19.6. The van der Waals surface area contributed by atoms with Gasteiger partial charge >= 0.3 is 5.97 Å². The lowest BCUT2D eigenvalue weighted by molar-refractivity contribution is -0.138. The van der Waals surface area contributed by atoms with E-state index in [0.29, 0.717) is 12.2 Å². The molecule has 0 saturated carbocycles. The van der Waals surface area contributed by atoms with Crippen molar-refractivity contribution in [3.63, 3.8) is 0 Å². The molecular weight excluding hydrogens is 334 g/mol. The lowest BCUT2D eigenvalue weighted by atomic mass is 9.89. The molecule has 0 aliphatic heterocycles. The predicted molar refractivity (Wildman–Crippen MR) is 109 cm³/mol. The van der Waals surface area contributed by atoms with Crippen LogP contribution in [0.4, 0.5) is 0 Å². The van der Waals surface area contributed by atoms with E-state index >= 15 is 0 Å². The minimum absolute atomic E-state index is 0.0672. The van der Waals surface area contributed by atoms with Crippen LogP contribution in [0.15, 0.2) is 60.2 Å². The highest BCUT2D eigenvalue weighted by atomic mass is 16.5. The molecule has 0 atom stereocenters. The summed E-state index contributed by atoms with van der Waals surface area (Å²) in [5.74, 6) is -0.543. The fourth-order valence-corrected chi connectivity index (χ4v) is 3.08. The molecular formula is C24H27NO2. The van der Waals surface area contributed by atoms with Crippen LogP contribution in [0.3, 0.4) is 0 Å². The molecule has 140 valence electrons. The molecule has 0 amide bonds. The van der Waals surface area contributed by atoms with Crippen molar-refractivity contribution in [3.05, 3.63) is 76.9 Å². The number of carbonyl (C=O) groups excluding carboxylic acids is 1. The maximum absolute atomic E-state index is 12.7. The smallest absolute Gasteiger partial charge is 0.349 e. The third kappa shape index (κ3) is 5.56. The second-order valence-corrected chi connectivity index (χ2v) is 6.44. The van der Waals surface area contributed by atoms with Gasteiger partial charge in [-0.1, -0.05) is 87.7 Å². The normalized spacial score (nSPS) is 11.4. The molecule has 3 nitrogen and oxygen atoms in total. The van der Waals surface area contributed by atoms with Crippen molar-refractivity contribution in [2.24, 2.45) is 0 Å². The van der Waals surface area contributed by atoms with E-state index in [9.17, 15) is 10.1 Å². The Labute approximate surface area is 162 Å². The molecule has 0 saturated heterocycles. The van der Waals surface area contributed by atoms with Gasteiger partial charge in [-0.2, -0.15) is 5.26 Å². The number of carbonyl (C=O) groups is 1. The number of esters is 1. The van der Waals surface area contributed by atoms with Gasteiger partial charge in [0, 0.05) is 5.57 Å². The molecule has 0 unspecified atom stereocenters. The van der Waals surface area contributed by atoms with Gasteiger partial charge in [0.1, 0.15) is 11.6 Å². The van der Waals surface area contributed by atoms with E-state index in [1.165, 1.54) is 0 Å². The largest absolute Gasteiger partial charge is 0.462 e. The van der Waals surface area contributed by atoms with Crippen molar-refractivity contribution in [1.82, 2.24) is 0 Å². The third-order valence-corrected chi connectivity index (χ3v) is 4.53. The van der Waals surface area contributed by atoms with E-state index in [2.05, 4.69) is 19.9 Å². The molecule has 0 heterocycles. The molecule has 2 rings (SSSR count). The summed E-state index contributed by atoms with van der Waals surface area (Å²) < 4.78 is 5.42. The maximum Gasteiger partial charge on any atom is 0.349 e. The second kappa shape index (κ2) is 11.0. The second-order valence-electron chi connectivity index (χ2n) is 6.44. The monoisotopic (exact) mass is 361 g/mol. The SMILES string of the molecule is CCCCCCOC(=O)/C(C#N)=C(/c1ccccc1)c1ccccc1CC. The molecule has 0 aromatic heterocycles. The predicted octanol–water partition coefficient (Wildman–Crippen LogP) is 5.70. The van der Waals surface area contributed by atoms with Crippen LogP contribution in [0.5, 0.6) is 0 Å². The summed E-state index contributed by atoms with van der Waals surface area (Å²) in [7, 11) is 0. The molecule has 0 aliphatic rings. The zero-order valence-corrected chi connectivity index (χ0v) is 16.2. The Morgan fingerprint density at radius 3 is 2.33 bits per heavy atom. The molecule has 2 aromatic carbocycles. The summed E-state index contributed by atoms with van der Waals surface area (Å²) in [4.78, 5) is 12.7. The number of unbranched alkanes of at least 4 members (excludes halogenated alkanes) is 3. The number of hydrogen-bond acceptors (Lipinski definition) is 3. The Kier molecular flexibility index (Phi) is 8.32. The highest BCUT2D eigenvalue weighted by molar-refractivity contribution is 6.05. The summed E-state index contributed by atoms with van der Waals surface area (Å²) in [5.41, 5.74) is 3.56. The van der Waals surface area contributed by atoms with Gasteiger partial charge in [0.2, 0.25) is 0 Å². The fourth-order valence-electron chi connectivity index (χ4n) is 3.08. The maximum atomic E-state index is 12.7. The van der Waals surface area contributed by atoms with Crippen molar-refractivity contribution in [3.8, 4) is 6.07 Å². The van der Waals surface area contributed by atoms with Crippen molar-refractivity contribution in [2.45, 2.75) is 46.0 Å². The van der Waals surface area contributed by atoms with Crippen LogP contribution >= 0.6 is 0 Å². The van der Waals surface area contributed by atoms with Gasteiger partial charge in [-0.3, -0.25) is 0 Å². The fraction of sp³-hybridized carbons (Fsp3) is 0.333. The molecule has 2 aromatic rings. The first-order valence-electron chi connectivity index (χ1n) is 9.68. The van der Waals surface area contributed by atoms with Crippen LogP contribution in [-0.2, 0) is 16.0 Å². The summed E-state index contributed by atoms with van der Waals surface area (Å²) >= 11 is 0. The van der Waals surface area contributed by atoms with Gasteiger partial charge in [-0.15, -0.1) is 0 Å². The van der Waals surface area contributed by atoms with Gasteiger partial charge in [0.15, 0.2) is 0 Å². The Balaban J connectivity index is 2.43. The van der Waals surface area contributed by atoms with Gasteiger partial charge in [0.05, 0.1) is 6.61 Å². The average molecular weight is 361 g/mol. The molecule has 0 spiro atoms. The number of aryl methyl sites for hydroxylation is 1. The van der Waals surface area contributed by atoms with Crippen molar-refractivity contribution >= 4 is 11.5 Å². The lowest BCUT2D eigenvalue weighted by Gasteiger charge is -2.15. The van der Waals surface area contributed by atoms with E-state index < -0.39 is 5.97 Å². The minimum atomic E-state index is -0.543. The number of hydrogen-bond donors (Lipinski definition) is 0. The highest BCUT2D eigenvalue weighted by Crippen LogP contribution is 2.30. The minimum Gasteiger partial charge on any atom is -0.462 e. The molecule has 0 N–H and O–H groups in total. The molecule has 0 bridgehead atoms. The molecule has 0 radical (unpaired) electrons. The van der Waals surface area contributed by atoms with E-state index in [1.54, 1.807) is 0 Å². The number of rotatable bonds is 9. The van der Waals surface area contributed by atoms with Crippen LogP contribution < -0.4 is 0 Å². The highest BCUT2D eigenvalue weighted by Gasteiger charge is 2.21. The first kappa shape index (κ1) is 20.5.